The average Bonchev–Trinajstić information content (AvgIpc) is 3.19. The zero-order chi connectivity index (χ0) is 21.1. The van der Waals surface area contributed by atoms with Crippen molar-refractivity contribution in [3.8, 4) is 34.6 Å². The Morgan fingerprint density at radius 2 is 1.73 bits per heavy atom. The summed E-state index contributed by atoms with van der Waals surface area (Å²) in [5.41, 5.74) is 1.99. The van der Waals surface area contributed by atoms with E-state index >= 15 is 0 Å². The van der Waals surface area contributed by atoms with E-state index in [9.17, 15) is 4.79 Å². The van der Waals surface area contributed by atoms with Crippen LogP contribution in [0.4, 0.5) is 0 Å². The first-order chi connectivity index (χ1) is 14.5. The molecular formula is C22H21N5O3. The normalized spacial score (nSPS) is 10.9. The zero-order valence-corrected chi connectivity index (χ0v) is 16.9. The summed E-state index contributed by atoms with van der Waals surface area (Å²) in [6.45, 7) is 3.83. The molecule has 0 saturated heterocycles. The molecule has 0 bridgehead atoms. The van der Waals surface area contributed by atoms with Gasteiger partial charge in [0.25, 0.3) is 5.56 Å². The van der Waals surface area contributed by atoms with Crippen molar-refractivity contribution in [2.45, 2.75) is 19.9 Å². The van der Waals surface area contributed by atoms with Gasteiger partial charge in [-0.3, -0.25) is 4.79 Å². The van der Waals surface area contributed by atoms with E-state index in [2.05, 4.69) is 15.2 Å². The van der Waals surface area contributed by atoms with Gasteiger partial charge in [-0.2, -0.15) is 5.10 Å². The number of nitrogens with zero attached hydrogens (tertiary/aromatic N) is 5. The number of para-hydroxylation sites is 1. The molecule has 0 atom stereocenters. The predicted molar refractivity (Wildman–Crippen MR) is 112 cm³/mol. The van der Waals surface area contributed by atoms with Crippen LogP contribution in [-0.2, 0) is 0 Å². The molecular weight excluding hydrogens is 382 g/mol. The summed E-state index contributed by atoms with van der Waals surface area (Å²) in [5.74, 6) is 1.38. The predicted octanol–water partition coefficient (Wildman–Crippen LogP) is 3.87. The Morgan fingerprint density at radius 3 is 2.40 bits per heavy atom. The molecule has 4 rings (SSSR count). The molecule has 0 saturated carbocycles. The number of rotatable bonds is 6. The minimum absolute atomic E-state index is 0.0650. The van der Waals surface area contributed by atoms with E-state index in [0.29, 0.717) is 28.9 Å². The van der Waals surface area contributed by atoms with Gasteiger partial charge < -0.3 is 9.47 Å². The van der Waals surface area contributed by atoms with Crippen molar-refractivity contribution in [2.75, 3.05) is 7.11 Å². The maximum Gasteiger partial charge on any atom is 0.267 e. The van der Waals surface area contributed by atoms with Crippen LogP contribution >= 0.6 is 0 Å². The van der Waals surface area contributed by atoms with E-state index in [1.54, 1.807) is 42.3 Å². The van der Waals surface area contributed by atoms with Gasteiger partial charge in [-0.1, -0.05) is 18.2 Å². The van der Waals surface area contributed by atoms with Crippen molar-refractivity contribution < 1.29 is 9.47 Å². The number of methoxy groups -OCH3 is 1. The first-order valence-corrected chi connectivity index (χ1v) is 9.49. The lowest BCUT2D eigenvalue weighted by molar-refractivity contribution is 0.405. The molecule has 3 heterocycles. The fraction of sp³-hybridized carbons (Fsp3) is 0.182. The van der Waals surface area contributed by atoms with Gasteiger partial charge >= 0.3 is 0 Å². The van der Waals surface area contributed by atoms with Crippen molar-refractivity contribution in [3.63, 3.8) is 0 Å². The Kier molecular flexibility index (Phi) is 5.30. The summed E-state index contributed by atoms with van der Waals surface area (Å²) in [6.07, 6.45) is 1.57. The first kappa shape index (κ1) is 19.4. The molecule has 0 amide bonds. The van der Waals surface area contributed by atoms with Crippen LogP contribution in [-0.4, -0.2) is 31.7 Å². The Hall–Kier alpha value is -3.94. The quantitative estimate of drug-likeness (QED) is 0.486. The first-order valence-electron chi connectivity index (χ1n) is 9.49. The highest BCUT2D eigenvalue weighted by atomic mass is 16.5. The molecule has 30 heavy (non-hydrogen) atoms. The third-order valence-electron chi connectivity index (χ3n) is 4.42. The van der Waals surface area contributed by atoms with Gasteiger partial charge in [0, 0.05) is 18.2 Å². The molecule has 0 aliphatic heterocycles. The molecule has 0 fully saturated rings. The topological polar surface area (TPSA) is 84.1 Å². The minimum Gasteiger partial charge on any atom is -0.495 e. The second-order valence-electron chi connectivity index (χ2n) is 6.85. The Morgan fingerprint density at radius 1 is 0.933 bits per heavy atom. The molecule has 8 nitrogen and oxygen atoms in total. The number of benzene rings is 1. The van der Waals surface area contributed by atoms with Crippen molar-refractivity contribution in [2.24, 2.45) is 0 Å². The fourth-order valence-electron chi connectivity index (χ4n) is 2.94. The molecule has 1 aromatic carbocycles. The molecule has 0 aliphatic rings. The van der Waals surface area contributed by atoms with Crippen LogP contribution in [0.3, 0.4) is 0 Å². The highest BCUT2D eigenvalue weighted by Gasteiger charge is 2.16. The fourth-order valence-corrected chi connectivity index (χ4v) is 2.94. The lowest BCUT2D eigenvalue weighted by Gasteiger charge is -2.11. The summed E-state index contributed by atoms with van der Waals surface area (Å²) < 4.78 is 14.2. The third-order valence-corrected chi connectivity index (χ3v) is 4.42. The SMILES string of the molecule is COc1ccc(Oc2cc(-c3ccc(=O)n(C(C)C)n3)n(-c3ccccc3)n2)nc1. The zero-order valence-electron chi connectivity index (χ0n) is 16.9. The largest absolute Gasteiger partial charge is 0.495 e. The van der Waals surface area contributed by atoms with Gasteiger partial charge in [0.15, 0.2) is 0 Å². The van der Waals surface area contributed by atoms with Gasteiger partial charge in [-0.15, -0.1) is 5.10 Å². The number of pyridine rings is 1. The van der Waals surface area contributed by atoms with Crippen LogP contribution in [0.2, 0.25) is 0 Å². The molecule has 0 unspecified atom stereocenters. The van der Waals surface area contributed by atoms with Gasteiger partial charge in [0.1, 0.15) is 11.4 Å². The number of aromatic nitrogens is 5. The number of ether oxygens (including phenoxy) is 2. The van der Waals surface area contributed by atoms with Crippen LogP contribution in [0.5, 0.6) is 17.5 Å². The summed E-state index contributed by atoms with van der Waals surface area (Å²) in [7, 11) is 1.58. The van der Waals surface area contributed by atoms with Crippen LogP contribution < -0.4 is 15.0 Å². The van der Waals surface area contributed by atoms with E-state index in [4.69, 9.17) is 9.47 Å². The van der Waals surface area contributed by atoms with Gasteiger partial charge in [-0.25, -0.2) is 14.3 Å². The van der Waals surface area contributed by atoms with Crippen molar-refractivity contribution in [3.05, 3.63) is 77.2 Å². The highest BCUT2D eigenvalue weighted by molar-refractivity contribution is 5.59. The Bertz CT molecular complexity index is 1200. The molecule has 0 aliphatic carbocycles. The second-order valence-corrected chi connectivity index (χ2v) is 6.85. The smallest absolute Gasteiger partial charge is 0.267 e. The van der Waals surface area contributed by atoms with Crippen molar-refractivity contribution in [1.29, 1.82) is 0 Å². The van der Waals surface area contributed by atoms with E-state index in [1.807, 2.05) is 44.2 Å². The Balaban J connectivity index is 1.78. The lowest BCUT2D eigenvalue weighted by Crippen LogP contribution is -2.24. The van der Waals surface area contributed by atoms with Crippen LogP contribution in [0.1, 0.15) is 19.9 Å². The van der Waals surface area contributed by atoms with E-state index in [0.717, 1.165) is 5.69 Å². The molecule has 152 valence electrons. The standard InChI is InChI=1S/C22H21N5O3/c1-15(2)26-22(28)12-10-18(24-26)19-13-21(25-27(19)16-7-5-4-6-8-16)30-20-11-9-17(29-3)14-23-20/h4-15H,1-3H3. The molecule has 3 aromatic heterocycles. The maximum atomic E-state index is 12.1. The van der Waals surface area contributed by atoms with Gasteiger partial charge in [0.2, 0.25) is 11.8 Å². The third kappa shape index (κ3) is 3.93. The number of hydrogen-bond donors (Lipinski definition) is 0. The van der Waals surface area contributed by atoms with E-state index in [-0.39, 0.29) is 11.6 Å². The molecule has 0 spiro atoms. The van der Waals surface area contributed by atoms with Crippen LogP contribution in [0.15, 0.2) is 71.7 Å². The van der Waals surface area contributed by atoms with Crippen LogP contribution in [0.25, 0.3) is 17.1 Å². The summed E-state index contributed by atoms with van der Waals surface area (Å²) >= 11 is 0. The van der Waals surface area contributed by atoms with E-state index < -0.39 is 0 Å². The van der Waals surface area contributed by atoms with Gasteiger partial charge in [-0.05, 0) is 38.1 Å². The molecule has 4 aromatic rings. The van der Waals surface area contributed by atoms with Crippen molar-refractivity contribution >= 4 is 0 Å². The van der Waals surface area contributed by atoms with Crippen LogP contribution in [0, 0.1) is 0 Å². The minimum atomic E-state index is -0.154. The highest BCUT2D eigenvalue weighted by Crippen LogP contribution is 2.28. The monoisotopic (exact) mass is 403 g/mol. The van der Waals surface area contributed by atoms with E-state index in [1.165, 1.54) is 10.7 Å². The molecule has 8 heteroatoms. The number of hydrogen-bond acceptors (Lipinski definition) is 6. The summed E-state index contributed by atoms with van der Waals surface area (Å²) in [5, 5.41) is 9.11. The van der Waals surface area contributed by atoms with Gasteiger partial charge in [0.05, 0.1) is 30.7 Å². The lowest BCUT2D eigenvalue weighted by atomic mass is 10.2. The Labute approximate surface area is 173 Å². The molecule has 0 radical (unpaired) electrons. The summed E-state index contributed by atoms with van der Waals surface area (Å²) in [4.78, 5) is 16.4. The van der Waals surface area contributed by atoms with Crippen molar-refractivity contribution in [1.82, 2.24) is 24.5 Å². The average molecular weight is 403 g/mol. The molecule has 0 N–H and O–H groups in total. The second kappa shape index (κ2) is 8.20. The summed E-state index contributed by atoms with van der Waals surface area (Å²) in [6, 6.07) is 18.0. The maximum absolute atomic E-state index is 12.1.